The summed E-state index contributed by atoms with van der Waals surface area (Å²) in [6.45, 7) is 5.56. The first-order chi connectivity index (χ1) is 14.1. The summed E-state index contributed by atoms with van der Waals surface area (Å²) in [7, 11) is 1.87. The van der Waals surface area contributed by atoms with E-state index in [0.29, 0.717) is 25.5 Å². The predicted octanol–water partition coefficient (Wildman–Crippen LogP) is 4.44. The molecule has 0 atom stereocenters. The molecule has 0 radical (unpaired) electrons. The number of amides is 1. The van der Waals surface area contributed by atoms with Gasteiger partial charge in [0.05, 0.1) is 12.3 Å². The third kappa shape index (κ3) is 3.46. The Morgan fingerprint density at radius 1 is 1.17 bits per heavy atom. The molecule has 0 bridgehead atoms. The number of rotatable bonds is 6. The molecule has 0 spiro atoms. The fraction of sp³-hybridized carbons (Fsp3) is 0.304. The Morgan fingerprint density at radius 2 is 1.93 bits per heavy atom. The maximum absolute atomic E-state index is 13.5. The molecule has 0 saturated heterocycles. The van der Waals surface area contributed by atoms with Gasteiger partial charge in [0, 0.05) is 30.4 Å². The normalized spacial score (nSPS) is 12.0. The van der Waals surface area contributed by atoms with Crippen LogP contribution in [0.5, 0.6) is 11.5 Å². The molecule has 150 valence electrons. The molecule has 3 aromatic rings. The number of carbonyl (C=O) groups excluding carboxylic acids is 1. The molecule has 2 heterocycles. The molecule has 0 fully saturated rings. The van der Waals surface area contributed by atoms with Crippen molar-refractivity contribution in [1.29, 1.82) is 0 Å². The van der Waals surface area contributed by atoms with Gasteiger partial charge in [-0.1, -0.05) is 19.1 Å². The summed E-state index contributed by atoms with van der Waals surface area (Å²) >= 11 is 0. The van der Waals surface area contributed by atoms with Crippen molar-refractivity contribution in [2.24, 2.45) is 7.05 Å². The van der Waals surface area contributed by atoms with Gasteiger partial charge in [-0.3, -0.25) is 9.48 Å². The maximum Gasteiger partial charge on any atom is 0.279 e. The van der Waals surface area contributed by atoms with Crippen molar-refractivity contribution in [1.82, 2.24) is 9.78 Å². The summed E-state index contributed by atoms with van der Waals surface area (Å²) in [6.07, 6.45) is 0.841. The van der Waals surface area contributed by atoms with Gasteiger partial charge in [-0.25, -0.2) is 0 Å². The average Bonchev–Trinajstić information content (AvgIpc) is 3.09. The van der Waals surface area contributed by atoms with Crippen LogP contribution < -0.4 is 14.4 Å². The van der Waals surface area contributed by atoms with Gasteiger partial charge >= 0.3 is 0 Å². The van der Waals surface area contributed by atoms with E-state index in [1.54, 1.807) is 9.58 Å². The Hall–Kier alpha value is -3.28. The van der Waals surface area contributed by atoms with Crippen LogP contribution in [0, 0.1) is 0 Å². The van der Waals surface area contributed by atoms with Crippen LogP contribution in [0.25, 0.3) is 11.3 Å². The Bertz CT molecular complexity index is 1020. The van der Waals surface area contributed by atoms with Gasteiger partial charge in [-0.2, -0.15) is 5.10 Å². The second-order valence-electron chi connectivity index (χ2n) is 6.97. The molecular formula is C23H25N3O3. The number of para-hydroxylation sites is 1. The zero-order chi connectivity index (χ0) is 20.4. The van der Waals surface area contributed by atoms with E-state index in [-0.39, 0.29) is 5.91 Å². The first-order valence-corrected chi connectivity index (χ1v) is 9.96. The minimum absolute atomic E-state index is 0.115. The van der Waals surface area contributed by atoms with E-state index in [1.807, 2.05) is 62.5 Å². The molecule has 6 heteroatoms. The molecule has 0 unspecified atom stereocenters. The van der Waals surface area contributed by atoms with E-state index in [2.05, 4.69) is 12.0 Å². The van der Waals surface area contributed by atoms with Crippen LogP contribution in [-0.2, 0) is 13.7 Å². The van der Waals surface area contributed by atoms with Crippen LogP contribution in [0.2, 0.25) is 0 Å². The van der Waals surface area contributed by atoms with E-state index in [9.17, 15) is 4.79 Å². The first-order valence-electron chi connectivity index (χ1n) is 9.96. The highest BCUT2D eigenvalue weighted by Crippen LogP contribution is 2.38. The van der Waals surface area contributed by atoms with Gasteiger partial charge in [0.1, 0.15) is 18.1 Å². The van der Waals surface area contributed by atoms with Crippen LogP contribution in [0.15, 0.2) is 48.5 Å². The zero-order valence-electron chi connectivity index (χ0n) is 17.0. The topological polar surface area (TPSA) is 56.6 Å². The third-order valence-corrected chi connectivity index (χ3v) is 5.01. The lowest BCUT2D eigenvalue weighted by Gasteiger charge is -2.23. The second kappa shape index (κ2) is 7.99. The summed E-state index contributed by atoms with van der Waals surface area (Å²) in [5, 5.41) is 4.59. The van der Waals surface area contributed by atoms with Crippen molar-refractivity contribution in [3.05, 3.63) is 59.8 Å². The number of benzene rings is 2. The molecule has 1 amide bonds. The summed E-state index contributed by atoms with van der Waals surface area (Å²) in [5.74, 6) is 1.50. The number of fused-ring (bicyclic) bond motifs is 3. The van der Waals surface area contributed by atoms with Crippen LogP contribution in [0.3, 0.4) is 0 Å². The van der Waals surface area contributed by atoms with Crippen LogP contribution >= 0.6 is 0 Å². The van der Waals surface area contributed by atoms with Gasteiger partial charge in [0.15, 0.2) is 5.69 Å². The maximum atomic E-state index is 13.5. The first kappa shape index (κ1) is 19.1. The smallest absolute Gasteiger partial charge is 0.279 e. The molecule has 0 saturated carbocycles. The summed E-state index contributed by atoms with van der Waals surface area (Å²) in [4.78, 5) is 15.3. The van der Waals surface area contributed by atoms with Gasteiger partial charge in [-0.05, 0) is 49.7 Å². The number of carbonyl (C=O) groups is 1. The highest BCUT2D eigenvalue weighted by atomic mass is 16.5. The standard InChI is InChI=1S/C23H25N3O3/c1-4-14-26(16-10-12-17(13-11-16)28-5-2)23(27)21-19-15-29-20-9-7-6-8-18(20)22(19)25(3)24-21/h6-13H,4-5,14-15H2,1-3H3. The molecule has 2 aromatic carbocycles. The SMILES string of the molecule is CCCN(C(=O)c1nn(C)c2c1COc1ccccc1-2)c1ccc(OCC)cc1. The van der Waals surface area contributed by atoms with Crippen molar-refractivity contribution in [3.8, 4) is 22.8 Å². The molecule has 1 aromatic heterocycles. The van der Waals surface area contributed by atoms with Crippen LogP contribution in [0.1, 0.15) is 36.3 Å². The van der Waals surface area contributed by atoms with Crippen molar-refractivity contribution in [3.63, 3.8) is 0 Å². The second-order valence-corrected chi connectivity index (χ2v) is 6.97. The van der Waals surface area contributed by atoms with Crippen LogP contribution in [-0.4, -0.2) is 28.8 Å². The van der Waals surface area contributed by atoms with E-state index >= 15 is 0 Å². The predicted molar refractivity (Wildman–Crippen MR) is 113 cm³/mol. The van der Waals surface area contributed by atoms with E-state index < -0.39 is 0 Å². The Kier molecular flexibility index (Phi) is 5.25. The summed E-state index contributed by atoms with van der Waals surface area (Å²) < 4.78 is 13.2. The lowest BCUT2D eigenvalue weighted by molar-refractivity contribution is 0.0979. The monoisotopic (exact) mass is 391 g/mol. The zero-order valence-corrected chi connectivity index (χ0v) is 17.0. The molecule has 0 aliphatic carbocycles. The fourth-order valence-electron chi connectivity index (χ4n) is 3.74. The molecule has 6 nitrogen and oxygen atoms in total. The summed E-state index contributed by atoms with van der Waals surface area (Å²) in [5.41, 5.74) is 4.02. The number of aromatic nitrogens is 2. The molecule has 4 rings (SSSR count). The third-order valence-electron chi connectivity index (χ3n) is 5.01. The van der Waals surface area contributed by atoms with E-state index in [4.69, 9.17) is 9.47 Å². The lowest BCUT2D eigenvalue weighted by atomic mass is 10.0. The Balaban J connectivity index is 1.71. The van der Waals surface area contributed by atoms with Crippen LogP contribution in [0.4, 0.5) is 5.69 Å². The minimum Gasteiger partial charge on any atom is -0.494 e. The number of hydrogen-bond donors (Lipinski definition) is 0. The largest absolute Gasteiger partial charge is 0.494 e. The lowest BCUT2D eigenvalue weighted by Crippen LogP contribution is -2.33. The summed E-state index contributed by atoms with van der Waals surface area (Å²) in [6, 6.07) is 15.5. The molecule has 1 aliphatic rings. The van der Waals surface area contributed by atoms with Crippen molar-refractivity contribution < 1.29 is 14.3 Å². The van der Waals surface area contributed by atoms with E-state index in [0.717, 1.165) is 40.4 Å². The quantitative estimate of drug-likeness (QED) is 0.624. The number of aryl methyl sites for hydroxylation is 1. The van der Waals surface area contributed by atoms with E-state index in [1.165, 1.54) is 0 Å². The number of nitrogens with zero attached hydrogens (tertiary/aromatic N) is 3. The highest BCUT2D eigenvalue weighted by Gasteiger charge is 2.30. The number of ether oxygens (including phenoxy) is 2. The average molecular weight is 391 g/mol. The van der Waals surface area contributed by atoms with Crippen molar-refractivity contribution in [2.75, 3.05) is 18.1 Å². The Morgan fingerprint density at radius 3 is 2.66 bits per heavy atom. The minimum atomic E-state index is -0.115. The van der Waals surface area contributed by atoms with Gasteiger partial charge in [-0.15, -0.1) is 0 Å². The Labute approximate surface area is 170 Å². The molecule has 29 heavy (non-hydrogen) atoms. The molecule has 1 aliphatic heterocycles. The van der Waals surface area contributed by atoms with Gasteiger partial charge in [0.25, 0.3) is 5.91 Å². The highest BCUT2D eigenvalue weighted by molar-refractivity contribution is 6.06. The number of anilines is 1. The van der Waals surface area contributed by atoms with Crippen molar-refractivity contribution in [2.45, 2.75) is 26.9 Å². The number of hydrogen-bond acceptors (Lipinski definition) is 4. The van der Waals surface area contributed by atoms with Gasteiger partial charge < -0.3 is 14.4 Å². The van der Waals surface area contributed by atoms with Gasteiger partial charge in [0.2, 0.25) is 0 Å². The molecule has 0 N–H and O–H groups in total. The van der Waals surface area contributed by atoms with Crippen molar-refractivity contribution >= 4 is 11.6 Å². The fourth-order valence-corrected chi connectivity index (χ4v) is 3.74. The molecular weight excluding hydrogens is 366 g/mol.